The third kappa shape index (κ3) is 4.88. The van der Waals surface area contributed by atoms with Crippen LogP contribution in [0.1, 0.15) is 27.1 Å². The minimum absolute atomic E-state index is 0.124. The molecule has 164 valence electrons. The SMILES string of the molecule is COc1ccc(C(=O)Nc2cc(F)ccc2C(=O)N2CCC(Nc3ccccc3)C2)cc1. The molecule has 3 aromatic carbocycles. The van der Waals surface area contributed by atoms with Gasteiger partial charge >= 0.3 is 0 Å². The van der Waals surface area contributed by atoms with Crippen molar-refractivity contribution < 1.29 is 18.7 Å². The molecule has 0 saturated carbocycles. The van der Waals surface area contributed by atoms with Gasteiger partial charge in [-0.25, -0.2) is 4.39 Å². The molecule has 2 amide bonds. The molecule has 1 unspecified atom stereocenters. The van der Waals surface area contributed by atoms with Crippen molar-refractivity contribution >= 4 is 23.2 Å². The van der Waals surface area contributed by atoms with Crippen LogP contribution < -0.4 is 15.4 Å². The van der Waals surface area contributed by atoms with Crippen molar-refractivity contribution in [3.8, 4) is 5.75 Å². The maximum absolute atomic E-state index is 13.9. The summed E-state index contributed by atoms with van der Waals surface area (Å²) in [6.45, 7) is 1.10. The van der Waals surface area contributed by atoms with Gasteiger partial charge in [0, 0.05) is 30.4 Å². The highest BCUT2D eigenvalue weighted by atomic mass is 19.1. The molecule has 1 aliphatic rings. The molecule has 0 spiro atoms. The first kappa shape index (κ1) is 21.4. The summed E-state index contributed by atoms with van der Waals surface area (Å²) < 4.78 is 19.0. The van der Waals surface area contributed by atoms with Crippen LogP contribution in [-0.4, -0.2) is 43.0 Å². The fourth-order valence-corrected chi connectivity index (χ4v) is 3.75. The monoisotopic (exact) mass is 433 g/mol. The Labute approximate surface area is 186 Å². The first-order valence-corrected chi connectivity index (χ1v) is 10.4. The number of halogens is 1. The summed E-state index contributed by atoms with van der Waals surface area (Å²) in [5.74, 6) is -0.586. The van der Waals surface area contributed by atoms with E-state index in [0.717, 1.165) is 12.1 Å². The molecule has 0 aromatic heterocycles. The number of para-hydroxylation sites is 1. The topological polar surface area (TPSA) is 70.7 Å². The standard InChI is InChI=1S/C25H24FN3O3/c1-32-21-10-7-17(8-11-21)24(30)28-23-15-18(26)9-12-22(23)25(31)29-14-13-20(16-29)27-19-5-3-2-4-6-19/h2-12,15,20,27H,13-14,16H2,1H3,(H,28,30). The molecule has 1 aliphatic heterocycles. The maximum atomic E-state index is 13.9. The number of carbonyl (C=O) groups is 2. The van der Waals surface area contributed by atoms with E-state index in [1.54, 1.807) is 29.2 Å². The van der Waals surface area contributed by atoms with Crippen LogP contribution in [0.4, 0.5) is 15.8 Å². The van der Waals surface area contributed by atoms with E-state index in [2.05, 4.69) is 10.6 Å². The molecule has 3 aromatic rings. The average molecular weight is 433 g/mol. The second-order valence-electron chi connectivity index (χ2n) is 7.62. The summed E-state index contributed by atoms with van der Waals surface area (Å²) in [5.41, 5.74) is 1.78. The van der Waals surface area contributed by atoms with E-state index >= 15 is 0 Å². The number of likely N-dealkylation sites (tertiary alicyclic amines) is 1. The van der Waals surface area contributed by atoms with Gasteiger partial charge in [0.1, 0.15) is 11.6 Å². The smallest absolute Gasteiger partial charge is 0.256 e. The fraction of sp³-hybridized carbons (Fsp3) is 0.200. The minimum atomic E-state index is -0.531. The van der Waals surface area contributed by atoms with Crippen LogP contribution in [0, 0.1) is 5.82 Å². The summed E-state index contributed by atoms with van der Waals surface area (Å²) in [4.78, 5) is 27.6. The van der Waals surface area contributed by atoms with Crippen LogP contribution in [0.15, 0.2) is 72.8 Å². The zero-order valence-electron chi connectivity index (χ0n) is 17.7. The zero-order chi connectivity index (χ0) is 22.5. The van der Waals surface area contributed by atoms with Gasteiger partial charge in [-0.3, -0.25) is 9.59 Å². The second-order valence-corrected chi connectivity index (χ2v) is 7.62. The molecule has 0 bridgehead atoms. The lowest BCUT2D eigenvalue weighted by molar-refractivity contribution is 0.0792. The number of hydrogen-bond donors (Lipinski definition) is 2. The number of nitrogens with one attached hydrogen (secondary N) is 2. The molecule has 0 radical (unpaired) electrons. The summed E-state index contributed by atoms with van der Waals surface area (Å²) in [6, 6.07) is 20.3. The molecule has 6 nitrogen and oxygen atoms in total. The number of benzene rings is 3. The van der Waals surface area contributed by atoms with Crippen molar-refractivity contribution in [1.82, 2.24) is 4.90 Å². The Kier molecular flexibility index (Phi) is 6.35. The van der Waals surface area contributed by atoms with E-state index in [1.165, 1.54) is 25.3 Å². The molecule has 32 heavy (non-hydrogen) atoms. The van der Waals surface area contributed by atoms with Crippen molar-refractivity contribution in [2.75, 3.05) is 30.8 Å². The number of rotatable bonds is 6. The van der Waals surface area contributed by atoms with Crippen LogP contribution >= 0.6 is 0 Å². The van der Waals surface area contributed by atoms with E-state index in [0.29, 0.717) is 24.4 Å². The molecule has 0 aliphatic carbocycles. The molecule has 4 rings (SSSR count). The first-order chi connectivity index (χ1) is 15.5. The summed E-state index contributed by atoms with van der Waals surface area (Å²) in [6.07, 6.45) is 0.801. The van der Waals surface area contributed by atoms with Gasteiger partial charge in [0.25, 0.3) is 11.8 Å². The van der Waals surface area contributed by atoms with Crippen LogP contribution in [0.5, 0.6) is 5.75 Å². The highest BCUT2D eigenvalue weighted by Crippen LogP contribution is 2.24. The van der Waals surface area contributed by atoms with Crippen LogP contribution in [0.25, 0.3) is 0 Å². The number of carbonyl (C=O) groups excluding carboxylic acids is 2. The molecular formula is C25H24FN3O3. The summed E-state index contributed by atoms with van der Waals surface area (Å²) >= 11 is 0. The van der Waals surface area contributed by atoms with Crippen molar-refractivity contribution in [2.45, 2.75) is 12.5 Å². The molecular weight excluding hydrogens is 409 g/mol. The molecule has 7 heteroatoms. The Hall–Kier alpha value is -3.87. The van der Waals surface area contributed by atoms with Gasteiger partial charge in [-0.15, -0.1) is 0 Å². The molecule has 1 heterocycles. The Morgan fingerprint density at radius 3 is 2.50 bits per heavy atom. The van der Waals surface area contributed by atoms with Gasteiger partial charge in [-0.1, -0.05) is 18.2 Å². The van der Waals surface area contributed by atoms with E-state index in [4.69, 9.17) is 4.74 Å². The number of methoxy groups -OCH3 is 1. The van der Waals surface area contributed by atoms with Crippen molar-refractivity contribution in [1.29, 1.82) is 0 Å². The maximum Gasteiger partial charge on any atom is 0.256 e. The number of amides is 2. The van der Waals surface area contributed by atoms with Gasteiger partial charge in [-0.05, 0) is 61.0 Å². The normalized spacial score (nSPS) is 15.3. The van der Waals surface area contributed by atoms with Crippen molar-refractivity contribution in [2.24, 2.45) is 0 Å². The number of nitrogens with zero attached hydrogens (tertiary/aromatic N) is 1. The first-order valence-electron chi connectivity index (χ1n) is 10.4. The molecule has 1 saturated heterocycles. The predicted molar refractivity (Wildman–Crippen MR) is 122 cm³/mol. The van der Waals surface area contributed by atoms with Gasteiger partial charge in [-0.2, -0.15) is 0 Å². The summed E-state index contributed by atoms with van der Waals surface area (Å²) in [7, 11) is 1.54. The van der Waals surface area contributed by atoms with Crippen molar-refractivity contribution in [3.05, 3.63) is 89.7 Å². The Morgan fingerprint density at radius 1 is 1.03 bits per heavy atom. The highest BCUT2D eigenvalue weighted by Gasteiger charge is 2.28. The lowest BCUT2D eigenvalue weighted by Crippen LogP contribution is -2.32. The van der Waals surface area contributed by atoms with Gasteiger partial charge in [0.2, 0.25) is 0 Å². The second kappa shape index (κ2) is 9.51. The molecule has 2 N–H and O–H groups in total. The van der Waals surface area contributed by atoms with Crippen molar-refractivity contribution in [3.63, 3.8) is 0 Å². The number of ether oxygens (including phenoxy) is 1. The van der Waals surface area contributed by atoms with E-state index < -0.39 is 11.7 Å². The zero-order valence-corrected chi connectivity index (χ0v) is 17.7. The Morgan fingerprint density at radius 2 is 1.78 bits per heavy atom. The third-order valence-corrected chi connectivity index (χ3v) is 5.43. The van der Waals surface area contributed by atoms with Crippen LogP contribution in [-0.2, 0) is 0 Å². The van der Waals surface area contributed by atoms with Gasteiger partial charge in [0.05, 0.1) is 18.4 Å². The Bertz CT molecular complexity index is 1100. The lowest BCUT2D eigenvalue weighted by Gasteiger charge is -2.20. The summed E-state index contributed by atoms with van der Waals surface area (Å²) in [5, 5.41) is 6.11. The quantitative estimate of drug-likeness (QED) is 0.604. The minimum Gasteiger partial charge on any atom is -0.497 e. The number of anilines is 2. The van der Waals surface area contributed by atoms with E-state index in [-0.39, 0.29) is 23.2 Å². The van der Waals surface area contributed by atoms with E-state index in [9.17, 15) is 14.0 Å². The number of hydrogen-bond acceptors (Lipinski definition) is 4. The van der Waals surface area contributed by atoms with Crippen LogP contribution in [0.3, 0.4) is 0 Å². The Balaban J connectivity index is 1.47. The third-order valence-electron chi connectivity index (χ3n) is 5.43. The highest BCUT2D eigenvalue weighted by molar-refractivity contribution is 6.09. The lowest BCUT2D eigenvalue weighted by atomic mass is 10.1. The largest absolute Gasteiger partial charge is 0.497 e. The average Bonchev–Trinajstić information content (AvgIpc) is 3.28. The molecule has 1 fully saturated rings. The predicted octanol–water partition coefficient (Wildman–Crippen LogP) is 4.41. The van der Waals surface area contributed by atoms with Gasteiger partial charge < -0.3 is 20.3 Å². The van der Waals surface area contributed by atoms with E-state index in [1.807, 2.05) is 30.3 Å². The fourth-order valence-electron chi connectivity index (χ4n) is 3.75. The van der Waals surface area contributed by atoms with Gasteiger partial charge in [0.15, 0.2) is 0 Å². The van der Waals surface area contributed by atoms with Crippen LogP contribution in [0.2, 0.25) is 0 Å². The molecule has 1 atom stereocenters.